The van der Waals surface area contributed by atoms with E-state index in [-0.39, 0.29) is 12.5 Å². The van der Waals surface area contributed by atoms with Gasteiger partial charge in [-0.2, -0.15) is 5.26 Å². The maximum absolute atomic E-state index is 12.6. The topological polar surface area (TPSA) is 53.3 Å². The highest BCUT2D eigenvalue weighted by Gasteiger charge is 2.32. The molecule has 0 atom stereocenters. The second-order valence-corrected chi connectivity index (χ2v) is 9.02. The van der Waals surface area contributed by atoms with Crippen molar-refractivity contribution in [3.63, 3.8) is 0 Å². The van der Waals surface area contributed by atoms with Gasteiger partial charge in [0, 0.05) is 12.1 Å². The summed E-state index contributed by atoms with van der Waals surface area (Å²) in [5.74, 6) is 0.788. The summed E-state index contributed by atoms with van der Waals surface area (Å²) in [5.41, 5.74) is 2.16. The Morgan fingerprint density at radius 2 is 2.07 bits per heavy atom. The van der Waals surface area contributed by atoms with Crippen molar-refractivity contribution >= 4 is 51.9 Å². The summed E-state index contributed by atoms with van der Waals surface area (Å²) < 4.78 is 6.37. The van der Waals surface area contributed by atoms with Crippen molar-refractivity contribution in [2.45, 2.75) is 20.5 Å². The Labute approximate surface area is 185 Å². The molecule has 148 valence electrons. The van der Waals surface area contributed by atoms with E-state index < -0.39 is 0 Å². The van der Waals surface area contributed by atoms with Crippen LogP contribution in [0.15, 0.2) is 47.4 Å². The fourth-order valence-electron chi connectivity index (χ4n) is 2.81. The highest BCUT2D eigenvalue weighted by atomic mass is 35.5. The molecule has 1 amide bonds. The van der Waals surface area contributed by atoms with Gasteiger partial charge in [-0.1, -0.05) is 73.7 Å². The third kappa shape index (κ3) is 5.18. The van der Waals surface area contributed by atoms with Crippen molar-refractivity contribution in [2.24, 2.45) is 5.92 Å². The number of thiocarbonyl (C=S) groups is 1. The van der Waals surface area contributed by atoms with Crippen LogP contribution in [0.3, 0.4) is 0 Å². The van der Waals surface area contributed by atoms with E-state index in [4.69, 9.17) is 33.8 Å². The van der Waals surface area contributed by atoms with Gasteiger partial charge in [0.05, 0.1) is 21.6 Å². The number of amides is 1. The molecule has 7 heteroatoms. The molecule has 0 aromatic heterocycles. The van der Waals surface area contributed by atoms with Crippen LogP contribution in [0.25, 0.3) is 6.08 Å². The van der Waals surface area contributed by atoms with Crippen LogP contribution in [0.4, 0.5) is 0 Å². The maximum atomic E-state index is 12.6. The molecule has 2 aromatic rings. The van der Waals surface area contributed by atoms with E-state index in [1.165, 1.54) is 11.8 Å². The van der Waals surface area contributed by atoms with Crippen molar-refractivity contribution in [1.82, 2.24) is 4.90 Å². The summed E-state index contributed by atoms with van der Waals surface area (Å²) in [7, 11) is 0. The van der Waals surface area contributed by atoms with Crippen LogP contribution in [-0.2, 0) is 11.4 Å². The largest absolute Gasteiger partial charge is 0.487 e. The zero-order valence-electron chi connectivity index (χ0n) is 16.0. The molecule has 2 aromatic carbocycles. The van der Waals surface area contributed by atoms with Gasteiger partial charge < -0.3 is 4.74 Å². The van der Waals surface area contributed by atoms with E-state index in [9.17, 15) is 4.79 Å². The second kappa shape index (κ2) is 9.45. The molecule has 4 nitrogen and oxygen atoms in total. The van der Waals surface area contributed by atoms with Gasteiger partial charge in [0.2, 0.25) is 0 Å². The minimum Gasteiger partial charge on any atom is -0.487 e. The van der Waals surface area contributed by atoms with Gasteiger partial charge in [0.25, 0.3) is 5.91 Å². The Balaban J connectivity index is 1.73. The Morgan fingerprint density at radius 3 is 2.76 bits per heavy atom. The number of nitrogens with zero attached hydrogens (tertiary/aromatic N) is 2. The summed E-state index contributed by atoms with van der Waals surface area (Å²) in [4.78, 5) is 14.8. The molecule has 1 aliphatic heterocycles. The predicted molar refractivity (Wildman–Crippen MR) is 122 cm³/mol. The van der Waals surface area contributed by atoms with Crippen LogP contribution < -0.4 is 4.74 Å². The lowest BCUT2D eigenvalue weighted by Gasteiger charge is -2.16. The normalized spacial score (nSPS) is 15.3. The smallest absolute Gasteiger partial charge is 0.266 e. The monoisotopic (exact) mass is 442 g/mol. The lowest BCUT2D eigenvalue weighted by atomic mass is 10.1. The minimum absolute atomic E-state index is 0.0711. The van der Waals surface area contributed by atoms with Crippen molar-refractivity contribution in [2.75, 3.05) is 6.54 Å². The van der Waals surface area contributed by atoms with E-state index in [2.05, 4.69) is 19.9 Å². The average molecular weight is 443 g/mol. The lowest BCUT2D eigenvalue weighted by Crippen LogP contribution is -2.31. The van der Waals surface area contributed by atoms with Crippen LogP contribution in [0, 0.1) is 17.2 Å². The summed E-state index contributed by atoms with van der Waals surface area (Å²) in [6.45, 7) is 4.96. The number of carbonyl (C=O) groups excluding carboxylic acids is 1. The van der Waals surface area contributed by atoms with Crippen LogP contribution in [0.5, 0.6) is 5.75 Å². The van der Waals surface area contributed by atoms with Gasteiger partial charge in [0.15, 0.2) is 0 Å². The van der Waals surface area contributed by atoms with Gasteiger partial charge in [-0.15, -0.1) is 0 Å². The SMILES string of the molecule is CC(C)CN1C(=O)/C(=C/c2ccc(OCc3ccccc3C#N)c(Cl)c2)SC1=S. The van der Waals surface area contributed by atoms with Gasteiger partial charge >= 0.3 is 0 Å². The molecule has 0 unspecified atom stereocenters. The first-order valence-electron chi connectivity index (χ1n) is 9.04. The highest BCUT2D eigenvalue weighted by Crippen LogP contribution is 2.34. The first-order valence-corrected chi connectivity index (χ1v) is 10.6. The molecule has 0 spiro atoms. The minimum atomic E-state index is -0.0711. The first-order chi connectivity index (χ1) is 13.9. The zero-order valence-corrected chi connectivity index (χ0v) is 18.4. The number of ether oxygens (including phenoxy) is 1. The number of nitriles is 1. The standard InChI is InChI=1S/C22H19ClN2O2S2/c1-14(2)12-25-21(26)20(29-22(25)28)10-15-7-8-19(18(23)9-15)27-13-17-6-4-3-5-16(17)11-24/h3-10,14H,12-13H2,1-2H3/b20-10-. The number of benzene rings is 2. The van der Waals surface area contributed by atoms with Crippen molar-refractivity contribution in [3.05, 3.63) is 69.1 Å². The number of hydrogen-bond acceptors (Lipinski definition) is 5. The quantitative estimate of drug-likeness (QED) is 0.427. The maximum Gasteiger partial charge on any atom is 0.266 e. The van der Waals surface area contributed by atoms with Crippen LogP contribution in [-0.4, -0.2) is 21.7 Å². The second-order valence-electron chi connectivity index (χ2n) is 6.93. The molecule has 29 heavy (non-hydrogen) atoms. The number of halogens is 1. The molecule has 0 N–H and O–H groups in total. The van der Waals surface area contributed by atoms with Gasteiger partial charge in [0.1, 0.15) is 16.7 Å². The van der Waals surface area contributed by atoms with E-state index >= 15 is 0 Å². The molecular formula is C22H19ClN2O2S2. The van der Waals surface area contributed by atoms with Crippen molar-refractivity contribution in [1.29, 1.82) is 5.26 Å². The van der Waals surface area contributed by atoms with Gasteiger partial charge in [-0.3, -0.25) is 9.69 Å². The fourth-order valence-corrected chi connectivity index (χ4v) is 4.33. The Kier molecular flexibility index (Phi) is 6.96. The summed E-state index contributed by atoms with van der Waals surface area (Å²) in [6, 6.07) is 14.8. The van der Waals surface area contributed by atoms with Crippen LogP contribution in [0.2, 0.25) is 5.02 Å². The zero-order chi connectivity index (χ0) is 21.0. The number of thioether (sulfide) groups is 1. The molecule has 1 saturated heterocycles. The Morgan fingerprint density at radius 1 is 1.31 bits per heavy atom. The Bertz CT molecular complexity index is 1030. The van der Waals surface area contributed by atoms with Crippen molar-refractivity contribution < 1.29 is 9.53 Å². The highest BCUT2D eigenvalue weighted by molar-refractivity contribution is 8.26. The van der Waals surface area contributed by atoms with Gasteiger partial charge in [-0.05, 0) is 35.8 Å². The molecular weight excluding hydrogens is 424 g/mol. The van der Waals surface area contributed by atoms with E-state index in [0.29, 0.717) is 38.0 Å². The molecule has 3 rings (SSSR count). The molecule has 0 aliphatic carbocycles. The molecule has 1 heterocycles. The molecule has 0 bridgehead atoms. The third-order valence-electron chi connectivity index (χ3n) is 4.20. The molecule has 0 saturated carbocycles. The number of carbonyl (C=O) groups is 1. The fraction of sp³-hybridized carbons (Fsp3) is 0.227. The Hall–Kier alpha value is -2.33. The average Bonchev–Trinajstić information content (AvgIpc) is 2.94. The first kappa shape index (κ1) is 21.4. The molecule has 0 radical (unpaired) electrons. The molecule has 1 fully saturated rings. The van der Waals surface area contributed by atoms with Crippen LogP contribution >= 0.6 is 35.6 Å². The third-order valence-corrected chi connectivity index (χ3v) is 5.87. The number of hydrogen-bond donors (Lipinski definition) is 0. The van der Waals surface area contributed by atoms with E-state index in [1.54, 1.807) is 29.2 Å². The van der Waals surface area contributed by atoms with Crippen molar-refractivity contribution in [3.8, 4) is 11.8 Å². The number of rotatable bonds is 6. The van der Waals surface area contributed by atoms with E-state index in [0.717, 1.165) is 11.1 Å². The van der Waals surface area contributed by atoms with Gasteiger partial charge in [-0.25, -0.2) is 0 Å². The summed E-state index contributed by atoms with van der Waals surface area (Å²) >= 11 is 13.0. The summed E-state index contributed by atoms with van der Waals surface area (Å²) in [5, 5.41) is 9.61. The van der Waals surface area contributed by atoms with E-state index in [1.807, 2.05) is 24.3 Å². The summed E-state index contributed by atoms with van der Waals surface area (Å²) in [6.07, 6.45) is 1.79. The predicted octanol–water partition coefficient (Wildman–Crippen LogP) is 5.65. The molecule has 1 aliphatic rings. The van der Waals surface area contributed by atoms with Crippen LogP contribution in [0.1, 0.15) is 30.5 Å². The lowest BCUT2D eigenvalue weighted by molar-refractivity contribution is -0.122.